The number of para-hydroxylation sites is 1. The standard InChI is InChI=1S/C15H23N3O/c1-11-6-5-7-12(2)15(11)16-14(19)10-13-8-9-17(3)18(13)4/h5-7,13H,8-10H2,1-4H3,(H,16,19). The Bertz CT molecular complexity index is 452. The molecule has 104 valence electrons. The topological polar surface area (TPSA) is 35.6 Å². The van der Waals surface area contributed by atoms with Crippen molar-refractivity contribution in [2.24, 2.45) is 0 Å². The number of hydrogen-bond donors (Lipinski definition) is 1. The predicted molar refractivity (Wildman–Crippen MR) is 78.0 cm³/mol. The highest BCUT2D eigenvalue weighted by Gasteiger charge is 2.27. The van der Waals surface area contributed by atoms with Gasteiger partial charge >= 0.3 is 0 Å². The number of rotatable bonds is 3. The van der Waals surface area contributed by atoms with Crippen LogP contribution in [0.25, 0.3) is 0 Å². The van der Waals surface area contributed by atoms with E-state index < -0.39 is 0 Å². The molecule has 1 N–H and O–H groups in total. The first-order chi connectivity index (χ1) is 8.99. The molecule has 0 radical (unpaired) electrons. The van der Waals surface area contributed by atoms with Crippen molar-refractivity contribution in [3.8, 4) is 0 Å². The van der Waals surface area contributed by atoms with Crippen LogP contribution in [0.3, 0.4) is 0 Å². The van der Waals surface area contributed by atoms with Gasteiger partial charge in [0.15, 0.2) is 0 Å². The van der Waals surface area contributed by atoms with E-state index in [1.165, 1.54) is 0 Å². The Labute approximate surface area is 115 Å². The molecule has 0 aliphatic carbocycles. The summed E-state index contributed by atoms with van der Waals surface area (Å²) in [6.45, 7) is 5.08. The van der Waals surface area contributed by atoms with Crippen LogP contribution in [-0.2, 0) is 4.79 Å². The second-order valence-corrected chi connectivity index (χ2v) is 5.42. The highest BCUT2D eigenvalue weighted by Crippen LogP contribution is 2.22. The largest absolute Gasteiger partial charge is 0.326 e. The van der Waals surface area contributed by atoms with Gasteiger partial charge in [0.25, 0.3) is 0 Å². The molecule has 4 nitrogen and oxygen atoms in total. The van der Waals surface area contributed by atoms with E-state index in [-0.39, 0.29) is 5.91 Å². The number of hydrogen-bond acceptors (Lipinski definition) is 3. The Morgan fingerprint density at radius 3 is 2.47 bits per heavy atom. The molecule has 0 saturated carbocycles. The fourth-order valence-corrected chi connectivity index (χ4v) is 2.61. The number of benzene rings is 1. The highest BCUT2D eigenvalue weighted by molar-refractivity contribution is 5.92. The molecule has 2 rings (SSSR count). The van der Waals surface area contributed by atoms with Crippen molar-refractivity contribution in [2.75, 3.05) is 26.0 Å². The molecular formula is C15H23N3O. The van der Waals surface area contributed by atoms with Gasteiger partial charge in [0.1, 0.15) is 0 Å². The van der Waals surface area contributed by atoms with E-state index in [0.29, 0.717) is 12.5 Å². The van der Waals surface area contributed by atoms with Gasteiger partial charge in [-0.1, -0.05) is 18.2 Å². The van der Waals surface area contributed by atoms with Crippen LogP contribution in [0.5, 0.6) is 0 Å². The Balaban J connectivity index is 1.98. The number of anilines is 1. The molecule has 0 aromatic heterocycles. The molecule has 1 heterocycles. The maximum Gasteiger partial charge on any atom is 0.226 e. The summed E-state index contributed by atoms with van der Waals surface area (Å²) in [6, 6.07) is 6.38. The summed E-state index contributed by atoms with van der Waals surface area (Å²) < 4.78 is 0. The van der Waals surface area contributed by atoms with Crippen LogP contribution in [0.2, 0.25) is 0 Å². The lowest BCUT2D eigenvalue weighted by Crippen LogP contribution is -2.36. The summed E-state index contributed by atoms with van der Waals surface area (Å²) in [4.78, 5) is 12.2. The second kappa shape index (κ2) is 5.72. The zero-order chi connectivity index (χ0) is 14.0. The van der Waals surface area contributed by atoms with E-state index in [2.05, 4.69) is 22.4 Å². The number of carbonyl (C=O) groups excluding carboxylic acids is 1. The Hall–Kier alpha value is -1.39. The lowest BCUT2D eigenvalue weighted by Gasteiger charge is -2.24. The average Bonchev–Trinajstić information content (AvgIpc) is 2.66. The smallest absolute Gasteiger partial charge is 0.226 e. The Kier molecular flexibility index (Phi) is 4.22. The molecule has 4 heteroatoms. The zero-order valence-electron chi connectivity index (χ0n) is 12.2. The minimum Gasteiger partial charge on any atom is -0.326 e. The van der Waals surface area contributed by atoms with Gasteiger partial charge in [0.2, 0.25) is 5.91 Å². The summed E-state index contributed by atoms with van der Waals surface area (Å²) >= 11 is 0. The van der Waals surface area contributed by atoms with Crippen LogP contribution in [0.1, 0.15) is 24.0 Å². The number of nitrogens with one attached hydrogen (secondary N) is 1. The van der Waals surface area contributed by atoms with Crippen molar-refractivity contribution in [1.29, 1.82) is 0 Å². The van der Waals surface area contributed by atoms with Gasteiger partial charge < -0.3 is 5.32 Å². The first-order valence-electron chi connectivity index (χ1n) is 6.79. The zero-order valence-corrected chi connectivity index (χ0v) is 12.2. The summed E-state index contributed by atoms with van der Waals surface area (Å²) in [5.74, 6) is 0.101. The minimum absolute atomic E-state index is 0.101. The Morgan fingerprint density at radius 2 is 1.95 bits per heavy atom. The van der Waals surface area contributed by atoms with Crippen molar-refractivity contribution in [1.82, 2.24) is 10.0 Å². The lowest BCUT2D eigenvalue weighted by atomic mass is 10.1. The molecule has 1 unspecified atom stereocenters. The first-order valence-corrected chi connectivity index (χ1v) is 6.79. The molecule has 1 aromatic rings. The number of aryl methyl sites for hydroxylation is 2. The highest BCUT2D eigenvalue weighted by atomic mass is 16.1. The first kappa shape index (κ1) is 14.0. The maximum absolute atomic E-state index is 12.2. The molecule has 1 amide bonds. The lowest BCUT2D eigenvalue weighted by molar-refractivity contribution is -0.117. The molecule has 1 aliphatic rings. The van der Waals surface area contributed by atoms with E-state index in [9.17, 15) is 4.79 Å². The van der Waals surface area contributed by atoms with Gasteiger partial charge in [-0.2, -0.15) is 0 Å². The SMILES string of the molecule is Cc1cccc(C)c1NC(=O)CC1CCN(C)N1C. The van der Waals surface area contributed by atoms with E-state index >= 15 is 0 Å². The van der Waals surface area contributed by atoms with Crippen molar-refractivity contribution in [3.05, 3.63) is 29.3 Å². The molecular weight excluding hydrogens is 238 g/mol. The molecule has 1 aromatic carbocycles. The van der Waals surface area contributed by atoms with Gasteiger partial charge in [-0.15, -0.1) is 0 Å². The monoisotopic (exact) mass is 261 g/mol. The van der Waals surface area contributed by atoms with Crippen molar-refractivity contribution in [2.45, 2.75) is 32.7 Å². The van der Waals surface area contributed by atoms with Gasteiger partial charge in [-0.3, -0.25) is 4.79 Å². The third-order valence-electron chi connectivity index (χ3n) is 4.02. The predicted octanol–water partition coefficient (Wildman–Crippen LogP) is 2.18. The van der Waals surface area contributed by atoms with Crippen LogP contribution in [0, 0.1) is 13.8 Å². The number of amides is 1. The molecule has 1 atom stereocenters. The second-order valence-electron chi connectivity index (χ2n) is 5.42. The van der Waals surface area contributed by atoms with Gasteiger partial charge in [-0.05, 0) is 31.4 Å². The molecule has 1 saturated heterocycles. The summed E-state index contributed by atoms with van der Waals surface area (Å²) in [7, 11) is 4.10. The van der Waals surface area contributed by atoms with Crippen molar-refractivity contribution in [3.63, 3.8) is 0 Å². The fourth-order valence-electron chi connectivity index (χ4n) is 2.61. The van der Waals surface area contributed by atoms with Crippen LogP contribution in [-0.4, -0.2) is 42.6 Å². The third-order valence-corrected chi connectivity index (χ3v) is 4.02. The van der Waals surface area contributed by atoms with Gasteiger partial charge in [-0.25, -0.2) is 10.0 Å². The summed E-state index contributed by atoms with van der Waals surface area (Å²) in [5, 5.41) is 7.38. The Morgan fingerprint density at radius 1 is 1.32 bits per heavy atom. The maximum atomic E-state index is 12.2. The normalized spacial score (nSPS) is 20.7. The van der Waals surface area contributed by atoms with Crippen molar-refractivity contribution >= 4 is 11.6 Å². The summed E-state index contributed by atoms with van der Waals surface area (Å²) in [5.41, 5.74) is 3.19. The third kappa shape index (κ3) is 3.14. The number of hydrazine groups is 1. The molecule has 1 fully saturated rings. The van der Waals surface area contributed by atoms with Crippen LogP contribution in [0.15, 0.2) is 18.2 Å². The molecule has 0 spiro atoms. The van der Waals surface area contributed by atoms with Crippen LogP contribution in [0.4, 0.5) is 5.69 Å². The average molecular weight is 261 g/mol. The molecule has 19 heavy (non-hydrogen) atoms. The number of nitrogens with zero attached hydrogens (tertiary/aromatic N) is 2. The van der Waals surface area contributed by atoms with Crippen LogP contribution >= 0.6 is 0 Å². The number of carbonyl (C=O) groups is 1. The quantitative estimate of drug-likeness (QED) is 0.906. The van der Waals surface area contributed by atoms with E-state index in [1.807, 2.05) is 39.1 Å². The molecule has 0 bridgehead atoms. The van der Waals surface area contributed by atoms with E-state index in [4.69, 9.17) is 0 Å². The van der Waals surface area contributed by atoms with Crippen molar-refractivity contribution < 1.29 is 4.79 Å². The van der Waals surface area contributed by atoms with Gasteiger partial charge in [0, 0.05) is 38.8 Å². The summed E-state index contributed by atoms with van der Waals surface area (Å²) in [6.07, 6.45) is 1.60. The van der Waals surface area contributed by atoms with E-state index in [0.717, 1.165) is 29.8 Å². The fraction of sp³-hybridized carbons (Fsp3) is 0.533. The minimum atomic E-state index is 0.101. The van der Waals surface area contributed by atoms with Crippen LogP contribution < -0.4 is 5.32 Å². The van der Waals surface area contributed by atoms with Gasteiger partial charge in [0.05, 0.1) is 0 Å². The molecule has 1 aliphatic heterocycles. The van der Waals surface area contributed by atoms with E-state index in [1.54, 1.807) is 0 Å².